The molecule has 1 nitrogen and oxygen atoms in total. The van der Waals surface area contributed by atoms with Crippen molar-refractivity contribution in [3.05, 3.63) is 0 Å². The zero-order valence-corrected chi connectivity index (χ0v) is 9.23. The van der Waals surface area contributed by atoms with E-state index in [1.807, 2.05) is 0 Å². The molecule has 0 rings (SSSR count). The molecule has 0 aliphatic rings. The van der Waals surface area contributed by atoms with Crippen LogP contribution in [0.4, 0.5) is 0 Å². The molecule has 0 aromatic heterocycles. The SMILES string of the molecule is CC(C)COCCC(C)CCCl. The monoisotopic (exact) mass is 192 g/mol. The zero-order chi connectivity index (χ0) is 9.40. The highest BCUT2D eigenvalue weighted by Gasteiger charge is 2.01. The highest BCUT2D eigenvalue weighted by atomic mass is 35.5. The fourth-order valence-electron chi connectivity index (χ4n) is 0.934. The van der Waals surface area contributed by atoms with Crippen molar-refractivity contribution in [3.63, 3.8) is 0 Å². The van der Waals surface area contributed by atoms with Gasteiger partial charge in [0.25, 0.3) is 0 Å². The number of rotatable bonds is 7. The van der Waals surface area contributed by atoms with Gasteiger partial charge in [0, 0.05) is 19.1 Å². The molecule has 0 aromatic rings. The van der Waals surface area contributed by atoms with Gasteiger partial charge in [-0.3, -0.25) is 0 Å². The minimum Gasteiger partial charge on any atom is -0.381 e. The second-order valence-corrected chi connectivity index (χ2v) is 4.22. The Morgan fingerprint density at radius 1 is 1.17 bits per heavy atom. The maximum absolute atomic E-state index is 5.62. The van der Waals surface area contributed by atoms with E-state index in [0.29, 0.717) is 11.8 Å². The maximum atomic E-state index is 5.62. The minimum absolute atomic E-state index is 0.647. The minimum atomic E-state index is 0.647. The number of hydrogen-bond acceptors (Lipinski definition) is 1. The standard InChI is InChI=1S/C10H21ClO/c1-9(2)8-12-7-5-10(3)4-6-11/h9-10H,4-8H2,1-3H3. The fourth-order valence-corrected chi connectivity index (χ4v) is 1.31. The molecule has 0 saturated heterocycles. The number of alkyl halides is 1. The molecule has 0 aromatic carbocycles. The van der Waals surface area contributed by atoms with Gasteiger partial charge in [-0.25, -0.2) is 0 Å². The zero-order valence-electron chi connectivity index (χ0n) is 8.48. The van der Waals surface area contributed by atoms with Crippen molar-refractivity contribution in [2.75, 3.05) is 19.1 Å². The van der Waals surface area contributed by atoms with Crippen LogP contribution in [0, 0.1) is 11.8 Å². The molecule has 0 bridgehead atoms. The van der Waals surface area contributed by atoms with Crippen LogP contribution in [-0.4, -0.2) is 19.1 Å². The van der Waals surface area contributed by atoms with E-state index in [1.165, 1.54) is 0 Å². The van der Waals surface area contributed by atoms with Gasteiger partial charge in [-0.2, -0.15) is 0 Å². The van der Waals surface area contributed by atoms with E-state index in [1.54, 1.807) is 0 Å². The lowest BCUT2D eigenvalue weighted by Gasteiger charge is -2.10. The van der Waals surface area contributed by atoms with Crippen molar-refractivity contribution >= 4 is 11.6 Å². The molecule has 0 heterocycles. The van der Waals surface area contributed by atoms with Crippen molar-refractivity contribution in [3.8, 4) is 0 Å². The molecule has 0 fully saturated rings. The summed E-state index contributed by atoms with van der Waals surface area (Å²) in [6, 6.07) is 0. The molecule has 1 unspecified atom stereocenters. The van der Waals surface area contributed by atoms with Crippen LogP contribution in [0.1, 0.15) is 33.6 Å². The quantitative estimate of drug-likeness (QED) is 0.444. The van der Waals surface area contributed by atoms with Crippen LogP contribution in [0.2, 0.25) is 0 Å². The predicted octanol–water partition coefficient (Wildman–Crippen LogP) is 3.31. The third-order valence-corrected chi connectivity index (χ3v) is 2.03. The Kier molecular flexibility index (Phi) is 8.04. The Labute approximate surface area is 81.4 Å². The first kappa shape index (κ1) is 12.2. The summed E-state index contributed by atoms with van der Waals surface area (Å²) in [5.41, 5.74) is 0. The summed E-state index contributed by atoms with van der Waals surface area (Å²) in [7, 11) is 0. The van der Waals surface area contributed by atoms with Gasteiger partial charge in [0.1, 0.15) is 0 Å². The highest BCUT2D eigenvalue weighted by molar-refractivity contribution is 6.17. The lowest BCUT2D eigenvalue weighted by Crippen LogP contribution is -2.06. The van der Waals surface area contributed by atoms with E-state index in [9.17, 15) is 0 Å². The summed E-state index contributed by atoms with van der Waals surface area (Å²) in [5, 5.41) is 0. The largest absolute Gasteiger partial charge is 0.381 e. The van der Waals surface area contributed by atoms with E-state index in [0.717, 1.165) is 31.9 Å². The summed E-state index contributed by atoms with van der Waals surface area (Å²) in [6.07, 6.45) is 2.24. The van der Waals surface area contributed by atoms with Crippen LogP contribution in [0.5, 0.6) is 0 Å². The lowest BCUT2D eigenvalue weighted by atomic mass is 10.1. The fraction of sp³-hybridized carbons (Fsp3) is 1.00. The second kappa shape index (κ2) is 7.88. The average Bonchev–Trinajstić information content (AvgIpc) is 1.98. The average molecular weight is 193 g/mol. The van der Waals surface area contributed by atoms with Crippen molar-refractivity contribution in [2.45, 2.75) is 33.6 Å². The van der Waals surface area contributed by atoms with Crippen LogP contribution < -0.4 is 0 Å². The molecule has 0 amide bonds. The molecule has 0 spiro atoms. The number of hydrogen-bond donors (Lipinski definition) is 0. The first-order chi connectivity index (χ1) is 5.66. The third-order valence-electron chi connectivity index (χ3n) is 1.81. The van der Waals surface area contributed by atoms with Crippen molar-refractivity contribution in [2.24, 2.45) is 11.8 Å². The van der Waals surface area contributed by atoms with Crippen molar-refractivity contribution < 1.29 is 4.74 Å². The van der Waals surface area contributed by atoms with Crippen LogP contribution in [-0.2, 0) is 4.74 Å². The van der Waals surface area contributed by atoms with Gasteiger partial charge in [0.2, 0.25) is 0 Å². The van der Waals surface area contributed by atoms with Crippen LogP contribution in [0.25, 0.3) is 0 Å². The summed E-state index contributed by atoms with van der Waals surface area (Å²) >= 11 is 5.62. The third kappa shape index (κ3) is 8.35. The summed E-state index contributed by atoms with van der Waals surface area (Å²) in [4.78, 5) is 0. The Bertz CT molecular complexity index is 93.8. The van der Waals surface area contributed by atoms with E-state index in [4.69, 9.17) is 16.3 Å². The van der Waals surface area contributed by atoms with Gasteiger partial charge in [-0.1, -0.05) is 20.8 Å². The number of ether oxygens (including phenoxy) is 1. The maximum Gasteiger partial charge on any atom is 0.0488 e. The molecule has 1 atom stereocenters. The second-order valence-electron chi connectivity index (χ2n) is 3.84. The molecule has 0 saturated carbocycles. The smallest absolute Gasteiger partial charge is 0.0488 e. The van der Waals surface area contributed by atoms with E-state index < -0.39 is 0 Å². The first-order valence-electron chi connectivity index (χ1n) is 4.80. The lowest BCUT2D eigenvalue weighted by molar-refractivity contribution is 0.0991. The first-order valence-corrected chi connectivity index (χ1v) is 5.34. The molecule has 0 aliphatic carbocycles. The van der Waals surface area contributed by atoms with Crippen molar-refractivity contribution in [1.82, 2.24) is 0 Å². The van der Waals surface area contributed by atoms with Gasteiger partial charge in [-0.15, -0.1) is 11.6 Å². The summed E-state index contributed by atoms with van der Waals surface area (Å²) in [6.45, 7) is 8.33. The van der Waals surface area contributed by atoms with Gasteiger partial charge >= 0.3 is 0 Å². The molecule has 12 heavy (non-hydrogen) atoms. The Hall–Kier alpha value is 0.250. The van der Waals surface area contributed by atoms with E-state index >= 15 is 0 Å². The number of halogens is 1. The normalized spacial score (nSPS) is 13.8. The Balaban J connectivity index is 3.08. The molecule has 74 valence electrons. The topological polar surface area (TPSA) is 9.23 Å². The molecular weight excluding hydrogens is 172 g/mol. The molecule has 2 heteroatoms. The summed E-state index contributed by atoms with van der Waals surface area (Å²) < 4.78 is 5.47. The molecule has 0 N–H and O–H groups in total. The highest BCUT2D eigenvalue weighted by Crippen LogP contribution is 2.08. The van der Waals surface area contributed by atoms with Crippen LogP contribution in [0.3, 0.4) is 0 Å². The molecular formula is C10H21ClO. The summed E-state index contributed by atoms with van der Waals surface area (Å²) in [5.74, 6) is 2.12. The van der Waals surface area contributed by atoms with E-state index in [-0.39, 0.29) is 0 Å². The van der Waals surface area contributed by atoms with E-state index in [2.05, 4.69) is 20.8 Å². The molecule has 0 aliphatic heterocycles. The van der Waals surface area contributed by atoms with Gasteiger partial charge in [-0.05, 0) is 24.7 Å². The van der Waals surface area contributed by atoms with Gasteiger partial charge < -0.3 is 4.74 Å². The van der Waals surface area contributed by atoms with Crippen LogP contribution in [0.15, 0.2) is 0 Å². The van der Waals surface area contributed by atoms with Crippen molar-refractivity contribution in [1.29, 1.82) is 0 Å². The predicted molar refractivity (Wildman–Crippen MR) is 54.8 cm³/mol. The Morgan fingerprint density at radius 3 is 2.33 bits per heavy atom. The Morgan fingerprint density at radius 2 is 1.83 bits per heavy atom. The van der Waals surface area contributed by atoms with Gasteiger partial charge in [0.05, 0.1) is 0 Å². The molecule has 0 radical (unpaired) electrons. The van der Waals surface area contributed by atoms with Gasteiger partial charge in [0.15, 0.2) is 0 Å². The van der Waals surface area contributed by atoms with Crippen LogP contribution >= 0.6 is 11.6 Å².